The summed E-state index contributed by atoms with van der Waals surface area (Å²) in [5.41, 5.74) is 0. The topological polar surface area (TPSA) is 177 Å². The molecule has 13 nitrogen and oxygen atoms in total. The average Bonchev–Trinajstić information content (AvgIpc) is 2.52. The van der Waals surface area contributed by atoms with Crippen LogP contribution in [0.5, 0.6) is 0 Å². The maximum absolute atomic E-state index is 11.8. The van der Waals surface area contributed by atoms with Gasteiger partial charge in [-0.05, 0) is 0 Å². The Balaban J connectivity index is 2.84. The summed E-state index contributed by atoms with van der Waals surface area (Å²) in [6, 6.07) is 0. The molecule has 0 bridgehead atoms. The van der Waals surface area contributed by atoms with Crippen molar-refractivity contribution in [2.75, 3.05) is 32.7 Å². The summed E-state index contributed by atoms with van der Waals surface area (Å²) in [6.07, 6.45) is 0. The zero-order valence-corrected chi connectivity index (χ0v) is 15.4. The molecule has 0 atom stereocenters. The van der Waals surface area contributed by atoms with E-state index in [1.54, 1.807) is 0 Å². The fourth-order valence-electron chi connectivity index (χ4n) is 1.61. The number of hydrogen-bond donors (Lipinski definition) is 2. The second-order valence-electron chi connectivity index (χ2n) is 4.57. The van der Waals surface area contributed by atoms with Crippen LogP contribution in [-0.2, 0) is 57.3 Å². The van der Waals surface area contributed by atoms with E-state index in [1.165, 1.54) is 0 Å². The van der Waals surface area contributed by atoms with E-state index in [9.17, 15) is 27.6 Å². The van der Waals surface area contributed by atoms with Gasteiger partial charge in [0.1, 0.15) is 0 Å². The van der Waals surface area contributed by atoms with Gasteiger partial charge in [-0.15, -0.1) is 0 Å². The van der Waals surface area contributed by atoms with Gasteiger partial charge in [-0.3, -0.25) is 0 Å². The van der Waals surface area contributed by atoms with Gasteiger partial charge in [0.2, 0.25) is 0 Å². The summed E-state index contributed by atoms with van der Waals surface area (Å²) in [4.78, 5) is 51.0. The van der Waals surface area contributed by atoms with E-state index in [0.29, 0.717) is 0 Å². The number of carbonyl (C=O) groups is 4. The first-order chi connectivity index (χ1) is 12.0. The molecule has 148 valence electrons. The molecule has 0 saturated carbocycles. The summed E-state index contributed by atoms with van der Waals surface area (Å²) in [6.45, 7) is -2.26. The molecule has 0 aliphatic carbocycles. The number of hydrogen-bond acceptors (Lipinski definition) is 12. The van der Waals surface area contributed by atoms with Crippen LogP contribution in [0.3, 0.4) is 0 Å². The van der Waals surface area contributed by atoms with Crippen LogP contribution in [-0.4, -0.2) is 89.6 Å². The van der Waals surface area contributed by atoms with E-state index >= 15 is 0 Å². The molecule has 26 heavy (non-hydrogen) atoms. The zero-order chi connectivity index (χ0) is 19.9. The molecule has 0 aromatic heterocycles. The Kier molecular flexibility index (Phi) is 8.61. The predicted octanol–water partition coefficient (Wildman–Crippen LogP) is -2.64. The number of aliphatic carboxylic acids is 2. The first-order valence-corrected chi connectivity index (χ1v) is 9.68. The molecule has 0 amide bonds. The summed E-state index contributed by atoms with van der Waals surface area (Å²) < 4.78 is 30.3. The van der Waals surface area contributed by atoms with Crippen LogP contribution in [0, 0.1) is 0 Å². The quantitative estimate of drug-likeness (QED) is 0.176. The first kappa shape index (κ1) is 22.5. The first-order valence-electron chi connectivity index (χ1n) is 6.46. The number of carbonyl (C=O) groups excluding carboxylic acids is 2. The summed E-state index contributed by atoms with van der Waals surface area (Å²) in [5.74, 6) is -4.94. The molecule has 1 rings (SSSR count). The zero-order valence-electron chi connectivity index (χ0n) is 12.7. The molecule has 1 aliphatic rings. The van der Waals surface area contributed by atoms with E-state index in [-0.39, 0.29) is 13.1 Å². The molecular formula is C10H12FeN2O11S2. The predicted molar refractivity (Wildman–Crippen MR) is 78.1 cm³/mol. The minimum absolute atomic E-state index is 0.176. The fraction of sp³-hybridized carbons (Fsp3) is 0.500. The second kappa shape index (κ2) is 9.96. The van der Waals surface area contributed by atoms with Crippen LogP contribution in [0.2, 0.25) is 0 Å². The molecular weight excluding hydrogens is 444 g/mol. The molecule has 2 N–H and O–H groups in total. The van der Waals surface area contributed by atoms with E-state index in [2.05, 4.69) is 29.0 Å². The molecule has 1 heterocycles. The third-order valence-corrected chi connectivity index (χ3v) is 4.63. The van der Waals surface area contributed by atoms with Gasteiger partial charge in [-0.25, -0.2) is 0 Å². The van der Waals surface area contributed by atoms with Crippen molar-refractivity contribution in [1.29, 1.82) is 0 Å². The molecule has 0 aromatic rings. The number of carboxylic acids is 2. The maximum atomic E-state index is 11.8. The van der Waals surface area contributed by atoms with Gasteiger partial charge in [-0.2, -0.15) is 0 Å². The summed E-state index contributed by atoms with van der Waals surface area (Å²) in [5, 5.41) is 17.6. The monoisotopic (exact) mass is 456 g/mol. The number of rotatable bonds is 7. The Morgan fingerprint density at radius 1 is 1.23 bits per heavy atom. The van der Waals surface area contributed by atoms with Crippen molar-refractivity contribution in [3.8, 4) is 0 Å². The van der Waals surface area contributed by atoms with Crippen LogP contribution in [0.15, 0.2) is 0 Å². The van der Waals surface area contributed by atoms with E-state index < -0.39 is 68.3 Å². The average molecular weight is 456 g/mol. The van der Waals surface area contributed by atoms with Crippen LogP contribution in [0.1, 0.15) is 0 Å². The van der Waals surface area contributed by atoms with Crippen molar-refractivity contribution in [2.24, 2.45) is 0 Å². The van der Waals surface area contributed by atoms with Gasteiger partial charge in [0.05, 0.1) is 0 Å². The fourth-order valence-corrected chi connectivity index (χ4v) is 2.94. The van der Waals surface area contributed by atoms with E-state index in [1.807, 2.05) is 0 Å². The van der Waals surface area contributed by atoms with Gasteiger partial charge >= 0.3 is 158 Å². The summed E-state index contributed by atoms with van der Waals surface area (Å²) in [7, 11) is -4.51. The molecule has 1 fully saturated rings. The van der Waals surface area contributed by atoms with Crippen LogP contribution in [0.4, 0.5) is 0 Å². The van der Waals surface area contributed by atoms with E-state index in [0.717, 1.165) is 9.80 Å². The molecule has 1 aliphatic heterocycles. The Morgan fingerprint density at radius 2 is 1.81 bits per heavy atom. The molecule has 0 unspecified atom stereocenters. The third kappa shape index (κ3) is 8.22. The molecule has 0 spiro atoms. The number of carboxylic acid groups (broad SMARTS) is 2. The molecule has 0 aromatic carbocycles. The van der Waals surface area contributed by atoms with Gasteiger partial charge in [0.25, 0.3) is 0 Å². The number of nitrogens with zero attached hydrogens (tertiary/aromatic N) is 2. The van der Waals surface area contributed by atoms with Crippen molar-refractivity contribution in [1.82, 2.24) is 9.80 Å². The van der Waals surface area contributed by atoms with Crippen molar-refractivity contribution < 1.29 is 66.8 Å². The van der Waals surface area contributed by atoms with Crippen molar-refractivity contribution in [2.45, 2.75) is 0 Å². The Morgan fingerprint density at radius 3 is 2.35 bits per heavy atom. The third-order valence-electron chi connectivity index (χ3n) is 2.56. The summed E-state index contributed by atoms with van der Waals surface area (Å²) >= 11 is 2.98. The van der Waals surface area contributed by atoms with E-state index in [4.69, 9.17) is 10.2 Å². The van der Waals surface area contributed by atoms with Crippen LogP contribution < -0.4 is 0 Å². The Hall–Kier alpha value is -1.55. The van der Waals surface area contributed by atoms with Gasteiger partial charge in [-0.1, -0.05) is 0 Å². The van der Waals surface area contributed by atoms with Crippen LogP contribution in [0.25, 0.3) is 0 Å². The normalized spacial score (nSPS) is 18.9. The minimum atomic E-state index is -4.51. The van der Waals surface area contributed by atoms with Gasteiger partial charge in [0, 0.05) is 0 Å². The SMILES string of the molecule is O=C(O)CN(CCN1CC(=O)OOS(=O)(=O)SOC(=O)[C]1=[Fe])CC(=O)O. The van der Waals surface area contributed by atoms with Gasteiger partial charge in [0.15, 0.2) is 0 Å². The molecule has 1 saturated heterocycles. The van der Waals surface area contributed by atoms with Crippen molar-refractivity contribution in [3.05, 3.63) is 0 Å². The second-order valence-corrected chi connectivity index (χ2v) is 7.98. The van der Waals surface area contributed by atoms with Crippen molar-refractivity contribution >= 4 is 48.6 Å². The molecule has 16 heteroatoms. The molecule has 0 radical (unpaired) electrons. The Bertz CT molecular complexity index is 694. The van der Waals surface area contributed by atoms with Crippen molar-refractivity contribution in [3.63, 3.8) is 0 Å². The van der Waals surface area contributed by atoms with Crippen LogP contribution >= 0.6 is 11.1 Å². The Labute approximate surface area is 158 Å². The van der Waals surface area contributed by atoms with Gasteiger partial charge < -0.3 is 0 Å². The standard InChI is InChI=1S/C10H12N2O11S2.Fe/c13-7(14)3-11(4-8(15)16)1-2-12-5-9(17)21-23-25(19,20)24-22-10(18)6-12;/h1-5H2,(H,13,14)(H,15,16);.